The zero-order chi connectivity index (χ0) is 13.4. The standard InChI is InChI=1S/C13H10BrF2N3/c14-8-4-11-13(17-6-8)19-12(18-11)3-7-1-2-9(15)5-10(7)16/h1-2,4-6,12,18H,3H2,(H,17,19). The first-order chi connectivity index (χ1) is 9.11. The summed E-state index contributed by atoms with van der Waals surface area (Å²) in [7, 11) is 0. The topological polar surface area (TPSA) is 37.0 Å². The fourth-order valence-corrected chi connectivity index (χ4v) is 2.39. The highest BCUT2D eigenvalue weighted by atomic mass is 79.9. The number of rotatable bonds is 2. The van der Waals surface area contributed by atoms with E-state index in [0.717, 1.165) is 22.0 Å². The second-order valence-corrected chi connectivity index (χ2v) is 5.25. The minimum absolute atomic E-state index is 0.156. The molecule has 0 saturated carbocycles. The molecule has 0 radical (unpaired) electrons. The lowest BCUT2D eigenvalue weighted by Gasteiger charge is -2.12. The molecule has 0 fully saturated rings. The van der Waals surface area contributed by atoms with Gasteiger partial charge in [-0.15, -0.1) is 0 Å². The lowest BCUT2D eigenvalue weighted by Crippen LogP contribution is -2.25. The van der Waals surface area contributed by atoms with Crippen LogP contribution in [0.4, 0.5) is 20.3 Å². The summed E-state index contributed by atoms with van der Waals surface area (Å²) in [5.41, 5.74) is 1.32. The molecule has 2 heterocycles. The van der Waals surface area contributed by atoms with Gasteiger partial charge in [0.15, 0.2) is 5.82 Å². The Hall–Kier alpha value is -1.69. The highest BCUT2D eigenvalue weighted by Crippen LogP contribution is 2.30. The van der Waals surface area contributed by atoms with E-state index in [-0.39, 0.29) is 6.17 Å². The van der Waals surface area contributed by atoms with Crippen LogP contribution in [0.2, 0.25) is 0 Å². The van der Waals surface area contributed by atoms with Gasteiger partial charge in [0.1, 0.15) is 17.8 Å². The molecule has 0 saturated heterocycles. The molecule has 1 aromatic heterocycles. The van der Waals surface area contributed by atoms with Crippen LogP contribution in [0, 0.1) is 11.6 Å². The number of halogens is 3. The first-order valence-corrected chi connectivity index (χ1v) is 6.53. The van der Waals surface area contributed by atoms with E-state index in [2.05, 4.69) is 31.5 Å². The van der Waals surface area contributed by atoms with Gasteiger partial charge in [0, 0.05) is 23.2 Å². The molecule has 3 nitrogen and oxygen atoms in total. The number of fused-ring (bicyclic) bond motifs is 1. The molecule has 2 aromatic rings. The van der Waals surface area contributed by atoms with Crippen molar-refractivity contribution in [2.45, 2.75) is 12.6 Å². The van der Waals surface area contributed by atoms with Crippen molar-refractivity contribution in [3.63, 3.8) is 0 Å². The van der Waals surface area contributed by atoms with E-state index >= 15 is 0 Å². The smallest absolute Gasteiger partial charge is 0.151 e. The molecular formula is C13H10BrF2N3. The summed E-state index contributed by atoms with van der Waals surface area (Å²) < 4.78 is 27.3. The van der Waals surface area contributed by atoms with Gasteiger partial charge in [0.25, 0.3) is 0 Å². The molecule has 0 spiro atoms. The number of hydrogen-bond donors (Lipinski definition) is 2. The van der Waals surface area contributed by atoms with Crippen molar-refractivity contribution in [2.24, 2.45) is 0 Å². The molecule has 2 N–H and O–H groups in total. The number of pyridine rings is 1. The molecule has 98 valence electrons. The molecule has 1 aromatic carbocycles. The SMILES string of the molecule is Fc1ccc(CC2Nc3cc(Br)cnc3N2)c(F)c1. The van der Waals surface area contributed by atoms with Gasteiger partial charge in [-0.25, -0.2) is 13.8 Å². The average Bonchev–Trinajstić information content (AvgIpc) is 2.74. The van der Waals surface area contributed by atoms with E-state index in [1.807, 2.05) is 6.07 Å². The monoisotopic (exact) mass is 325 g/mol. The van der Waals surface area contributed by atoms with E-state index in [1.54, 1.807) is 6.20 Å². The average molecular weight is 326 g/mol. The Bertz CT molecular complexity index is 633. The van der Waals surface area contributed by atoms with Gasteiger partial charge in [-0.2, -0.15) is 0 Å². The first kappa shape index (κ1) is 12.3. The van der Waals surface area contributed by atoms with Crippen molar-refractivity contribution < 1.29 is 8.78 Å². The molecule has 1 aliphatic heterocycles. The Morgan fingerprint density at radius 3 is 2.84 bits per heavy atom. The lowest BCUT2D eigenvalue weighted by atomic mass is 10.1. The van der Waals surface area contributed by atoms with Crippen LogP contribution in [0.3, 0.4) is 0 Å². The Labute approximate surface area is 117 Å². The number of nitrogens with zero attached hydrogens (tertiary/aromatic N) is 1. The van der Waals surface area contributed by atoms with Crippen LogP contribution in [0.15, 0.2) is 34.9 Å². The number of benzene rings is 1. The second-order valence-electron chi connectivity index (χ2n) is 4.33. The van der Waals surface area contributed by atoms with Gasteiger partial charge in [0.2, 0.25) is 0 Å². The van der Waals surface area contributed by atoms with E-state index < -0.39 is 11.6 Å². The maximum Gasteiger partial charge on any atom is 0.151 e. The number of anilines is 2. The Balaban J connectivity index is 1.77. The summed E-state index contributed by atoms with van der Waals surface area (Å²) in [5, 5.41) is 6.35. The number of nitrogens with one attached hydrogen (secondary N) is 2. The second kappa shape index (κ2) is 4.77. The van der Waals surface area contributed by atoms with Crippen LogP contribution < -0.4 is 10.6 Å². The normalized spacial score (nSPS) is 16.7. The zero-order valence-corrected chi connectivity index (χ0v) is 11.3. The minimum atomic E-state index is -0.567. The first-order valence-electron chi connectivity index (χ1n) is 5.74. The van der Waals surface area contributed by atoms with Gasteiger partial charge in [0.05, 0.1) is 5.69 Å². The molecule has 0 aliphatic carbocycles. The van der Waals surface area contributed by atoms with E-state index in [1.165, 1.54) is 12.1 Å². The molecule has 3 rings (SSSR count). The fourth-order valence-electron chi connectivity index (χ4n) is 2.06. The summed E-state index contributed by atoms with van der Waals surface area (Å²) in [6.45, 7) is 0. The molecule has 0 amide bonds. The van der Waals surface area contributed by atoms with Gasteiger partial charge in [-0.1, -0.05) is 6.07 Å². The number of aromatic nitrogens is 1. The van der Waals surface area contributed by atoms with Crippen molar-refractivity contribution >= 4 is 27.4 Å². The Morgan fingerprint density at radius 1 is 1.21 bits per heavy atom. The van der Waals surface area contributed by atoms with Crippen molar-refractivity contribution in [3.05, 3.63) is 52.1 Å². The van der Waals surface area contributed by atoms with Crippen LogP contribution in [0.1, 0.15) is 5.56 Å². The third kappa shape index (κ3) is 2.53. The van der Waals surface area contributed by atoms with Crippen LogP contribution in [-0.2, 0) is 6.42 Å². The summed E-state index contributed by atoms with van der Waals surface area (Å²) in [6.07, 6.45) is 1.94. The maximum absolute atomic E-state index is 13.6. The summed E-state index contributed by atoms with van der Waals surface area (Å²) in [6, 6.07) is 5.51. The van der Waals surface area contributed by atoms with Crippen LogP contribution in [0.5, 0.6) is 0 Å². The highest BCUT2D eigenvalue weighted by Gasteiger charge is 2.22. The Morgan fingerprint density at radius 2 is 2.05 bits per heavy atom. The van der Waals surface area contributed by atoms with E-state index in [0.29, 0.717) is 12.0 Å². The third-order valence-corrected chi connectivity index (χ3v) is 3.37. The molecule has 1 unspecified atom stereocenters. The molecule has 1 atom stereocenters. The quantitative estimate of drug-likeness (QED) is 0.887. The molecule has 19 heavy (non-hydrogen) atoms. The van der Waals surface area contributed by atoms with Crippen LogP contribution in [0.25, 0.3) is 0 Å². The zero-order valence-electron chi connectivity index (χ0n) is 9.75. The van der Waals surface area contributed by atoms with E-state index in [9.17, 15) is 8.78 Å². The molecule has 0 bridgehead atoms. The summed E-state index contributed by atoms with van der Waals surface area (Å²) in [5.74, 6) is -0.369. The summed E-state index contributed by atoms with van der Waals surface area (Å²) >= 11 is 3.34. The Kier molecular flexibility index (Phi) is 3.10. The predicted molar refractivity (Wildman–Crippen MR) is 73.0 cm³/mol. The van der Waals surface area contributed by atoms with Crippen molar-refractivity contribution in [1.29, 1.82) is 0 Å². The van der Waals surface area contributed by atoms with Gasteiger partial charge in [-0.05, 0) is 33.6 Å². The molecule has 6 heteroatoms. The van der Waals surface area contributed by atoms with Crippen molar-refractivity contribution in [3.8, 4) is 0 Å². The van der Waals surface area contributed by atoms with Gasteiger partial charge in [-0.3, -0.25) is 0 Å². The third-order valence-electron chi connectivity index (χ3n) is 2.93. The van der Waals surface area contributed by atoms with Gasteiger partial charge >= 0.3 is 0 Å². The molecular weight excluding hydrogens is 316 g/mol. The van der Waals surface area contributed by atoms with Crippen molar-refractivity contribution in [1.82, 2.24) is 4.98 Å². The molecule has 1 aliphatic rings. The van der Waals surface area contributed by atoms with Gasteiger partial charge < -0.3 is 10.6 Å². The van der Waals surface area contributed by atoms with Crippen LogP contribution >= 0.6 is 15.9 Å². The van der Waals surface area contributed by atoms with E-state index in [4.69, 9.17) is 0 Å². The number of hydrogen-bond acceptors (Lipinski definition) is 3. The van der Waals surface area contributed by atoms with Crippen molar-refractivity contribution in [2.75, 3.05) is 10.6 Å². The van der Waals surface area contributed by atoms with Crippen LogP contribution in [-0.4, -0.2) is 11.1 Å². The maximum atomic E-state index is 13.6. The lowest BCUT2D eigenvalue weighted by molar-refractivity contribution is 0.568. The minimum Gasteiger partial charge on any atom is -0.362 e. The largest absolute Gasteiger partial charge is 0.362 e. The fraction of sp³-hybridized carbons (Fsp3) is 0.154. The highest BCUT2D eigenvalue weighted by molar-refractivity contribution is 9.10. The predicted octanol–water partition coefficient (Wildman–Crippen LogP) is 3.53. The summed E-state index contributed by atoms with van der Waals surface area (Å²) in [4.78, 5) is 4.21.